The number of carbonyl (C=O) groups is 2. The topological polar surface area (TPSA) is 72.2 Å². The molecule has 0 bridgehead atoms. The molecule has 0 saturated heterocycles. The van der Waals surface area contributed by atoms with Gasteiger partial charge >= 0.3 is 0 Å². The van der Waals surface area contributed by atoms with Crippen LogP contribution in [0, 0.1) is 0 Å². The summed E-state index contributed by atoms with van der Waals surface area (Å²) in [5.74, 6) is -0.473. The summed E-state index contributed by atoms with van der Waals surface area (Å²) in [5, 5.41) is 2.47. The molecule has 10 heavy (non-hydrogen) atoms. The van der Waals surface area contributed by atoms with Crippen LogP contribution in [0.4, 0.5) is 0 Å². The average Bonchev–Trinajstić information content (AvgIpc) is 2.13. The molecule has 1 aliphatic rings. The van der Waals surface area contributed by atoms with Crippen molar-refractivity contribution in [3.05, 3.63) is 11.8 Å². The number of nitrogens with two attached hydrogens (primary N) is 1. The summed E-state index contributed by atoms with van der Waals surface area (Å²) >= 11 is 0. The van der Waals surface area contributed by atoms with E-state index < -0.39 is 5.91 Å². The first-order valence-electron chi connectivity index (χ1n) is 2.94. The number of hydrogen-bond donors (Lipinski definition) is 2. The van der Waals surface area contributed by atoms with Crippen LogP contribution in [0.3, 0.4) is 0 Å². The van der Waals surface area contributed by atoms with Crippen LogP contribution in [0.2, 0.25) is 0 Å². The third kappa shape index (κ3) is 1.58. The normalized spacial score (nSPS) is 16.4. The zero-order valence-electron chi connectivity index (χ0n) is 5.39. The van der Waals surface area contributed by atoms with Crippen molar-refractivity contribution < 1.29 is 9.59 Å². The van der Waals surface area contributed by atoms with Crippen molar-refractivity contribution in [2.45, 2.75) is 12.8 Å². The molecule has 1 heterocycles. The quantitative estimate of drug-likeness (QED) is 0.530. The molecular formula is C6H8N2O2. The van der Waals surface area contributed by atoms with Crippen LogP contribution >= 0.6 is 0 Å². The highest BCUT2D eigenvalue weighted by Gasteiger charge is 2.13. The van der Waals surface area contributed by atoms with Gasteiger partial charge in [0.05, 0.1) is 6.42 Å². The van der Waals surface area contributed by atoms with E-state index in [1.54, 1.807) is 0 Å². The molecule has 0 unspecified atom stereocenters. The van der Waals surface area contributed by atoms with Crippen LogP contribution in [0.15, 0.2) is 11.8 Å². The monoisotopic (exact) mass is 140 g/mol. The highest BCUT2D eigenvalue weighted by molar-refractivity contribution is 5.86. The fourth-order valence-corrected chi connectivity index (χ4v) is 0.828. The number of nitrogens with one attached hydrogen (secondary N) is 1. The lowest BCUT2D eigenvalue weighted by Gasteiger charge is -1.91. The third-order valence-electron chi connectivity index (χ3n) is 1.23. The van der Waals surface area contributed by atoms with Crippen LogP contribution in [0.25, 0.3) is 0 Å². The second-order valence-corrected chi connectivity index (χ2v) is 2.19. The maximum Gasteiger partial charge on any atom is 0.228 e. The van der Waals surface area contributed by atoms with Gasteiger partial charge < -0.3 is 11.1 Å². The van der Waals surface area contributed by atoms with Gasteiger partial charge in [-0.3, -0.25) is 9.59 Å². The Morgan fingerprint density at radius 2 is 2.50 bits per heavy atom. The molecule has 4 heteroatoms. The smallest absolute Gasteiger partial charge is 0.228 e. The minimum atomic E-state index is -0.400. The molecule has 0 aromatic heterocycles. The second kappa shape index (κ2) is 2.51. The van der Waals surface area contributed by atoms with E-state index in [2.05, 4.69) is 5.32 Å². The summed E-state index contributed by atoms with van der Waals surface area (Å²) in [4.78, 5) is 20.8. The van der Waals surface area contributed by atoms with Gasteiger partial charge in [-0.25, -0.2) is 0 Å². The van der Waals surface area contributed by atoms with Crippen LogP contribution in [-0.4, -0.2) is 11.8 Å². The Morgan fingerprint density at radius 1 is 1.80 bits per heavy atom. The van der Waals surface area contributed by atoms with E-state index in [1.165, 1.54) is 6.20 Å². The Morgan fingerprint density at radius 3 is 2.90 bits per heavy atom. The molecule has 0 atom stereocenters. The van der Waals surface area contributed by atoms with Gasteiger partial charge in [0.2, 0.25) is 11.8 Å². The van der Waals surface area contributed by atoms with Crippen LogP contribution < -0.4 is 11.1 Å². The molecule has 1 aliphatic heterocycles. The highest BCUT2D eigenvalue weighted by Crippen LogP contribution is 2.09. The Balaban J connectivity index is 2.44. The molecule has 54 valence electrons. The van der Waals surface area contributed by atoms with Gasteiger partial charge in [-0.05, 0) is 5.57 Å². The molecule has 0 radical (unpaired) electrons. The predicted octanol–water partition coefficient (Wildman–Crippen LogP) is -0.734. The first-order valence-corrected chi connectivity index (χ1v) is 2.94. The number of hydrogen-bond acceptors (Lipinski definition) is 2. The lowest BCUT2D eigenvalue weighted by Crippen LogP contribution is -2.11. The maximum atomic E-state index is 10.5. The van der Waals surface area contributed by atoms with Crippen molar-refractivity contribution in [2.75, 3.05) is 0 Å². The second-order valence-electron chi connectivity index (χ2n) is 2.19. The van der Waals surface area contributed by atoms with Crippen molar-refractivity contribution >= 4 is 11.8 Å². The molecule has 0 aromatic carbocycles. The molecule has 1 rings (SSSR count). The van der Waals surface area contributed by atoms with Gasteiger partial charge in [0.1, 0.15) is 0 Å². The highest BCUT2D eigenvalue weighted by atomic mass is 16.2. The van der Waals surface area contributed by atoms with Crippen molar-refractivity contribution in [2.24, 2.45) is 5.73 Å². The predicted molar refractivity (Wildman–Crippen MR) is 34.7 cm³/mol. The van der Waals surface area contributed by atoms with E-state index in [-0.39, 0.29) is 12.3 Å². The standard InChI is InChI=1S/C6H8N2O2/c7-5(9)1-4-2-6(10)8-3-4/h3H,1-2H2,(H2,7,9)(H,8,10). The first-order chi connectivity index (χ1) is 4.68. The number of primary amides is 1. The lowest BCUT2D eigenvalue weighted by molar-refractivity contribution is -0.118. The van der Waals surface area contributed by atoms with Gasteiger partial charge in [-0.1, -0.05) is 0 Å². The van der Waals surface area contributed by atoms with E-state index in [9.17, 15) is 9.59 Å². The van der Waals surface area contributed by atoms with Crippen LogP contribution in [0.1, 0.15) is 12.8 Å². The number of carbonyl (C=O) groups excluding carboxylic acids is 2. The summed E-state index contributed by atoms with van der Waals surface area (Å²) in [6.45, 7) is 0. The zero-order valence-corrected chi connectivity index (χ0v) is 5.39. The number of amides is 2. The van der Waals surface area contributed by atoms with Gasteiger partial charge in [0, 0.05) is 12.6 Å². The van der Waals surface area contributed by atoms with Gasteiger partial charge in [0.15, 0.2) is 0 Å². The van der Waals surface area contributed by atoms with Gasteiger partial charge in [-0.15, -0.1) is 0 Å². The fourth-order valence-electron chi connectivity index (χ4n) is 0.828. The van der Waals surface area contributed by atoms with E-state index in [1.807, 2.05) is 0 Å². The largest absolute Gasteiger partial charge is 0.369 e. The Bertz CT molecular complexity index is 208. The first kappa shape index (κ1) is 6.80. The van der Waals surface area contributed by atoms with E-state index >= 15 is 0 Å². The van der Waals surface area contributed by atoms with Crippen LogP contribution in [0.5, 0.6) is 0 Å². The summed E-state index contributed by atoms with van der Waals surface area (Å²) in [6.07, 6.45) is 2.02. The van der Waals surface area contributed by atoms with Gasteiger partial charge in [-0.2, -0.15) is 0 Å². The van der Waals surface area contributed by atoms with Gasteiger partial charge in [0.25, 0.3) is 0 Å². The van der Waals surface area contributed by atoms with E-state index in [0.29, 0.717) is 6.42 Å². The van der Waals surface area contributed by atoms with Crippen molar-refractivity contribution in [1.29, 1.82) is 0 Å². The Kier molecular flexibility index (Phi) is 1.71. The van der Waals surface area contributed by atoms with E-state index in [4.69, 9.17) is 5.73 Å². The van der Waals surface area contributed by atoms with Crippen molar-refractivity contribution in [3.63, 3.8) is 0 Å². The van der Waals surface area contributed by atoms with Crippen LogP contribution in [-0.2, 0) is 9.59 Å². The average molecular weight is 140 g/mol. The Hall–Kier alpha value is -1.32. The molecule has 0 aliphatic carbocycles. The molecule has 0 fully saturated rings. The Labute approximate surface area is 58.1 Å². The summed E-state index contributed by atoms with van der Waals surface area (Å²) < 4.78 is 0. The zero-order chi connectivity index (χ0) is 7.56. The molecule has 2 amide bonds. The minimum absolute atomic E-state index is 0.0729. The third-order valence-corrected chi connectivity index (χ3v) is 1.23. The molecule has 0 spiro atoms. The maximum absolute atomic E-state index is 10.5. The summed E-state index contributed by atoms with van der Waals surface area (Å²) in [5.41, 5.74) is 5.66. The summed E-state index contributed by atoms with van der Waals surface area (Å²) in [6, 6.07) is 0. The minimum Gasteiger partial charge on any atom is -0.369 e. The van der Waals surface area contributed by atoms with Crippen molar-refractivity contribution in [1.82, 2.24) is 5.32 Å². The molecule has 0 saturated carbocycles. The fraction of sp³-hybridized carbons (Fsp3) is 0.333. The number of rotatable bonds is 2. The van der Waals surface area contributed by atoms with Crippen molar-refractivity contribution in [3.8, 4) is 0 Å². The lowest BCUT2D eigenvalue weighted by atomic mass is 10.1. The summed E-state index contributed by atoms with van der Waals surface area (Å²) in [7, 11) is 0. The molecule has 3 N–H and O–H groups in total. The molecule has 0 aromatic rings. The SMILES string of the molecule is NC(=O)CC1=CNC(=O)C1. The van der Waals surface area contributed by atoms with E-state index in [0.717, 1.165) is 5.57 Å². The molecule has 4 nitrogen and oxygen atoms in total. The molecular weight excluding hydrogens is 132 g/mol.